The van der Waals surface area contributed by atoms with Crippen LogP contribution in [0.1, 0.15) is 11.1 Å². The van der Waals surface area contributed by atoms with Gasteiger partial charge in [0.05, 0.1) is 12.1 Å². The zero-order chi connectivity index (χ0) is 10.4. The van der Waals surface area contributed by atoms with E-state index in [4.69, 9.17) is 5.26 Å². The molecule has 1 aromatic rings. The highest BCUT2D eigenvalue weighted by atomic mass is 19.1. The second-order valence-corrected chi connectivity index (χ2v) is 2.64. The molecule has 3 heteroatoms. The number of hydrogen-bond donors (Lipinski definition) is 1. The van der Waals surface area contributed by atoms with Gasteiger partial charge in [0.1, 0.15) is 11.9 Å². The molecular formula is C11H9FN2. The maximum absolute atomic E-state index is 13.1. The largest absolute Gasteiger partial charge is 0.309 e. The molecule has 14 heavy (non-hydrogen) atoms. The zero-order valence-electron chi connectivity index (χ0n) is 7.76. The predicted octanol–water partition coefficient (Wildman–Crippen LogP) is 1.27. The third kappa shape index (κ3) is 2.58. The molecule has 0 aliphatic rings. The molecule has 0 heterocycles. The molecule has 0 bridgehead atoms. The summed E-state index contributed by atoms with van der Waals surface area (Å²) < 4.78 is 13.1. The lowest BCUT2D eigenvalue weighted by molar-refractivity contribution is 0.623. The molecule has 0 aromatic heterocycles. The predicted molar refractivity (Wildman–Crippen MR) is 51.9 cm³/mol. The van der Waals surface area contributed by atoms with Crippen LogP contribution in [0, 0.1) is 29.0 Å². The number of benzene rings is 1. The van der Waals surface area contributed by atoms with Crippen molar-refractivity contribution >= 4 is 0 Å². The van der Waals surface area contributed by atoms with Crippen LogP contribution in [0.5, 0.6) is 0 Å². The Kier molecular flexibility index (Phi) is 3.67. The summed E-state index contributed by atoms with van der Waals surface area (Å²) in [6, 6.07) is 6.08. The summed E-state index contributed by atoms with van der Waals surface area (Å²) in [6.07, 6.45) is 0. The summed E-state index contributed by atoms with van der Waals surface area (Å²) in [5, 5.41) is 11.3. The van der Waals surface area contributed by atoms with Crippen molar-refractivity contribution in [2.45, 2.75) is 0 Å². The lowest BCUT2D eigenvalue weighted by Crippen LogP contribution is -2.04. The summed E-state index contributed by atoms with van der Waals surface area (Å²) in [5.41, 5.74) is 0.626. The minimum absolute atomic E-state index is 0.0455. The van der Waals surface area contributed by atoms with Crippen molar-refractivity contribution in [2.75, 3.05) is 13.6 Å². The van der Waals surface area contributed by atoms with E-state index < -0.39 is 5.82 Å². The van der Waals surface area contributed by atoms with Gasteiger partial charge in [-0.25, -0.2) is 4.39 Å². The highest BCUT2D eigenvalue weighted by Gasteiger charge is 1.99. The first-order valence-electron chi connectivity index (χ1n) is 4.11. The molecule has 0 saturated heterocycles. The molecule has 0 fully saturated rings. The minimum Gasteiger partial charge on any atom is -0.309 e. The molecule has 0 spiro atoms. The van der Waals surface area contributed by atoms with Crippen LogP contribution in [-0.2, 0) is 0 Å². The molecule has 1 N–H and O–H groups in total. The molecule has 0 atom stereocenters. The smallest absolute Gasteiger partial charge is 0.142 e. The number of halogens is 1. The average molecular weight is 188 g/mol. The molecule has 70 valence electrons. The van der Waals surface area contributed by atoms with Gasteiger partial charge in [0.2, 0.25) is 0 Å². The van der Waals surface area contributed by atoms with Crippen molar-refractivity contribution in [3.8, 4) is 17.9 Å². The summed E-state index contributed by atoms with van der Waals surface area (Å²) in [7, 11) is 1.79. The van der Waals surface area contributed by atoms with Crippen LogP contribution < -0.4 is 5.32 Å². The van der Waals surface area contributed by atoms with Crippen LogP contribution >= 0.6 is 0 Å². The van der Waals surface area contributed by atoms with Crippen LogP contribution in [0.4, 0.5) is 4.39 Å². The van der Waals surface area contributed by atoms with Gasteiger partial charge >= 0.3 is 0 Å². The lowest BCUT2D eigenvalue weighted by Gasteiger charge is -1.93. The van der Waals surface area contributed by atoms with E-state index in [2.05, 4.69) is 17.2 Å². The Morgan fingerprint density at radius 1 is 1.50 bits per heavy atom. The summed E-state index contributed by atoms with van der Waals surface area (Å²) in [5.74, 6) is 5.06. The number of hydrogen-bond acceptors (Lipinski definition) is 2. The van der Waals surface area contributed by atoms with Crippen LogP contribution in [0.15, 0.2) is 18.2 Å². The third-order valence-electron chi connectivity index (χ3n) is 1.59. The Balaban J connectivity index is 2.89. The summed E-state index contributed by atoms with van der Waals surface area (Å²) in [4.78, 5) is 0. The number of nitrogens with one attached hydrogen (secondary N) is 1. The Labute approximate surface area is 82.4 Å². The summed E-state index contributed by atoms with van der Waals surface area (Å²) >= 11 is 0. The Hall–Kier alpha value is -1.84. The molecule has 2 nitrogen and oxygen atoms in total. The fourth-order valence-electron chi connectivity index (χ4n) is 0.918. The normalized spacial score (nSPS) is 8.64. The van der Waals surface area contributed by atoms with Gasteiger partial charge in [-0.15, -0.1) is 0 Å². The van der Waals surface area contributed by atoms with E-state index in [0.29, 0.717) is 12.1 Å². The van der Waals surface area contributed by atoms with Gasteiger partial charge in [-0.3, -0.25) is 0 Å². The topological polar surface area (TPSA) is 35.8 Å². The van der Waals surface area contributed by atoms with Crippen molar-refractivity contribution in [3.63, 3.8) is 0 Å². The monoisotopic (exact) mass is 188 g/mol. The number of nitriles is 1. The van der Waals surface area contributed by atoms with Crippen molar-refractivity contribution in [3.05, 3.63) is 35.1 Å². The van der Waals surface area contributed by atoms with Crippen LogP contribution in [0.2, 0.25) is 0 Å². The SMILES string of the molecule is CNCC#Cc1ccc(C#N)c(F)c1. The van der Waals surface area contributed by atoms with Gasteiger partial charge in [0, 0.05) is 5.56 Å². The van der Waals surface area contributed by atoms with Gasteiger partial charge in [0.25, 0.3) is 0 Å². The van der Waals surface area contributed by atoms with Gasteiger partial charge in [-0.2, -0.15) is 5.26 Å². The molecule has 0 radical (unpaired) electrons. The second-order valence-electron chi connectivity index (χ2n) is 2.64. The summed E-state index contributed by atoms with van der Waals surface area (Å²) in [6.45, 7) is 0.557. The van der Waals surface area contributed by atoms with E-state index in [0.717, 1.165) is 0 Å². The fourth-order valence-corrected chi connectivity index (χ4v) is 0.918. The fraction of sp³-hybridized carbons (Fsp3) is 0.182. The standard InChI is InChI=1S/C11H9FN2/c1-14-6-2-3-9-4-5-10(8-13)11(12)7-9/h4-5,7,14H,6H2,1H3. The van der Waals surface area contributed by atoms with Crippen molar-refractivity contribution in [2.24, 2.45) is 0 Å². The molecule has 0 unspecified atom stereocenters. The van der Waals surface area contributed by atoms with Gasteiger partial charge in [0.15, 0.2) is 0 Å². The zero-order valence-corrected chi connectivity index (χ0v) is 7.76. The second kappa shape index (κ2) is 5.01. The van der Waals surface area contributed by atoms with Gasteiger partial charge in [-0.05, 0) is 25.2 Å². The molecule has 0 aliphatic heterocycles. The third-order valence-corrected chi connectivity index (χ3v) is 1.59. The Morgan fingerprint density at radius 3 is 2.86 bits per heavy atom. The molecule has 1 rings (SSSR count). The Bertz CT molecular complexity index is 421. The number of rotatable bonds is 1. The van der Waals surface area contributed by atoms with E-state index >= 15 is 0 Å². The van der Waals surface area contributed by atoms with Crippen LogP contribution in [0.25, 0.3) is 0 Å². The first-order chi connectivity index (χ1) is 6.77. The van der Waals surface area contributed by atoms with E-state index in [1.54, 1.807) is 19.2 Å². The molecule has 0 saturated carbocycles. The maximum Gasteiger partial charge on any atom is 0.142 e. The van der Waals surface area contributed by atoms with Crippen molar-refractivity contribution < 1.29 is 4.39 Å². The first kappa shape index (κ1) is 10.2. The molecular weight excluding hydrogens is 179 g/mol. The highest BCUT2D eigenvalue weighted by Crippen LogP contribution is 2.07. The maximum atomic E-state index is 13.1. The lowest BCUT2D eigenvalue weighted by atomic mass is 10.1. The first-order valence-corrected chi connectivity index (χ1v) is 4.11. The Morgan fingerprint density at radius 2 is 2.29 bits per heavy atom. The molecule has 1 aromatic carbocycles. The van der Waals surface area contributed by atoms with E-state index in [1.165, 1.54) is 12.1 Å². The quantitative estimate of drug-likeness (QED) is 0.673. The van der Waals surface area contributed by atoms with Crippen molar-refractivity contribution in [1.82, 2.24) is 5.32 Å². The van der Waals surface area contributed by atoms with Gasteiger partial charge in [-0.1, -0.05) is 11.8 Å². The van der Waals surface area contributed by atoms with Crippen molar-refractivity contribution in [1.29, 1.82) is 5.26 Å². The van der Waals surface area contributed by atoms with E-state index in [1.807, 2.05) is 0 Å². The highest BCUT2D eigenvalue weighted by molar-refractivity contribution is 5.40. The van der Waals surface area contributed by atoms with Crippen LogP contribution in [0.3, 0.4) is 0 Å². The minimum atomic E-state index is -0.524. The molecule has 0 aliphatic carbocycles. The van der Waals surface area contributed by atoms with E-state index in [9.17, 15) is 4.39 Å². The number of nitrogens with zero attached hydrogens (tertiary/aromatic N) is 1. The van der Waals surface area contributed by atoms with Gasteiger partial charge < -0.3 is 5.32 Å². The van der Waals surface area contributed by atoms with Crippen LogP contribution in [-0.4, -0.2) is 13.6 Å². The molecule has 0 amide bonds. The van der Waals surface area contributed by atoms with E-state index in [-0.39, 0.29) is 5.56 Å². The average Bonchev–Trinajstić information content (AvgIpc) is 2.18.